The van der Waals surface area contributed by atoms with Crippen LogP contribution in [0.3, 0.4) is 0 Å². The summed E-state index contributed by atoms with van der Waals surface area (Å²) in [5, 5.41) is 104. The molecular formula is C62H95BrFN3O20S. The van der Waals surface area contributed by atoms with Crippen molar-refractivity contribution in [3.05, 3.63) is 107 Å². The number of benzene rings is 3. The first-order chi connectivity index (χ1) is 39.5. The molecule has 3 unspecified atom stereocenters. The molecule has 2 saturated heterocycles. The number of quaternary nitrogens is 1. The number of aliphatic hydroxyl groups excluding tert-OH is 5. The van der Waals surface area contributed by atoms with E-state index in [2.05, 4.69) is 24.7 Å². The number of ketones is 2. The predicted octanol–water partition coefficient (Wildman–Crippen LogP) is 0.931. The first-order valence-corrected chi connectivity index (χ1v) is 30.3. The summed E-state index contributed by atoms with van der Waals surface area (Å²) in [5.41, 5.74) is -3.18. The van der Waals surface area contributed by atoms with Crippen LogP contribution >= 0.6 is 0 Å². The molecule has 5 fully saturated rings. The van der Waals surface area contributed by atoms with Gasteiger partial charge in [0.1, 0.15) is 24.2 Å². The average Bonchev–Trinajstić information content (AvgIpc) is 1.34. The molecule has 498 valence electrons. The highest BCUT2D eigenvalue weighted by molar-refractivity contribution is 7.79. The molecule has 26 heteroatoms. The van der Waals surface area contributed by atoms with Crippen molar-refractivity contribution in [3.8, 4) is 23.0 Å². The number of Topliss-reactive ketones (excluding diaryl/α,β-unsaturated/α-hetero) is 1. The fourth-order valence-electron chi connectivity index (χ4n) is 13.9. The van der Waals surface area contributed by atoms with Crippen LogP contribution in [0.4, 0.5) is 4.39 Å². The van der Waals surface area contributed by atoms with Gasteiger partial charge >= 0.3 is 16.4 Å². The molecule has 14 atom stereocenters. The zero-order valence-corrected chi connectivity index (χ0v) is 53.8. The number of aromatic hydroxyl groups is 4. The topological polar surface area (TPSA) is 424 Å². The monoisotopic (exact) mass is 1330 g/mol. The van der Waals surface area contributed by atoms with E-state index >= 15 is 4.39 Å². The third kappa shape index (κ3) is 17.9. The van der Waals surface area contributed by atoms with E-state index in [0.717, 1.165) is 22.9 Å². The number of aliphatic hydroxyl groups is 6. The Morgan fingerprint density at radius 1 is 0.761 bits per heavy atom. The second kappa shape index (κ2) is 32.3. The lowest BCUT2D eigenvalue weighted by Gasteiger charge is -2.62. The fraction of sp³-hybridized carbons (Fsp3) is 0.597. The van der Waals surface area contributed by atoms with Crippen LogP contribution in [-0.4, -0.2) is 190 Å². The standard InChI is InChI=1S/C22H29FO5.C18H26NO3.2C11H17NO3.BrH.H2O4S.2H2O/c1-12-8-16-15-5-4-13-9-14(25)6-7-19(13,2)21(15,23)17(26)10-20(16,3)22(12,28)18(27)11-24;1-19(2)14-8-9-15(19)11-16(10-14)22-18(21)17(12-20)13-6-4-3-5-7-13;2*1-7(2)12-6-11(15)8-3-4-9(13)10(14)5-8;;1-5(2,3)4;;/h6-7,9,12,15-17,24,26,28H,4-5,8,10-11H2,1-3H3;3-7,14-17,20H,8-12H2,1-2H3;2*3-5,7,11-15H,6H2,1-2H3;1H;(H2,1,2,3,4);2*1H2/q;+1;;;;;;/p-1/t12-,15+,16+,17+,19+,20+,21+,22+;14-,15+,16?,17-;;;;;;/m11....../s1. The molecule has 3 saturated carbocycles. The minimum absolute atomic E-state index is 0. The second-order valence-electron chi connectivity index (χ2n) is 25.0. The summed E-state index contributed by atoms with van der Waals surface area (Å²) in [6, 6.07) is 19.8. The molecule has 0 spiro atoms. The van der Waals surface area contributed by atoms with Gasteiger partial charge in [-0.05, 0) is 97.6 Å². The Morgan fingerprint density at radius 3 is 1.67 bits per heavy atom. The lowest BCUT2D eigenvalue weighted by atomic mass is 9.44. The number of phenolic OH excluding ortho intramolecular Hbond substituents is 4. The lowest BCUT2D eigenvalue weighted by Crippen LogP contribution is -3.00. The number of nitrogens with one attached hydrogen (secondary N) is 2. The Kier molecular flexibility index (Phi) is 29.0. The Morgan fingerprint density at radius 2 is 1.24 bits per heavy atom. The van der Waals surface area contributed by atoms with Crippen molar-refractivity contribution in [2.75, 3.05) is 40.4 Å². The molecule has 0 amide bonds. The van der Waals surface area contributed by atoms with Gasteiger partial charge in [-0.3, -0.25) is 23.5 Å². The number of phenols is 4. The van der Waals surface area contributed by atoms with Gasteiger partial charge in [0, 0.05) is 67.6 Å². The van der Waals surface area contributed by atoms with Crippen molar-refractivity contribution in [1.82, 2.24) is 10.6 Å². The van der Waals surface area contributed by atoms with Crippen LogP contribution in [-0.2, 0) is 29.5 Å². The smallest absolute Gasteiger partial charge is 0.394 e. The molecule has 88 heavy (non-hydrogen) atoms. The highest BCUT2D eigenvalue weighted by Gasteiger charge is 2.75. The van der Waals surface area contributed by atoms with Gasteiger partial charge in [-0.2, -0.15) is 8.42 Å². The van der Waals surface area contributed by atoms with E-state index in [1.54, 1.807) is 39.0 Å². The molecule has 9 rings (SSSR count). The maximum absolute atomic E-state index is 16.9. The van der Waals surface area contributed by atoms with E-state index < -0.39 is 81.0 Å². The van der Waals surface area contributed by atoms with E-state index in [-0.39, 0.29) is 87.7 Å². The second-order valence-corrected chi connectivity index (χ2v) is 25.9. The first-order valence-electron chi connectivity index (χ1n) is 28.9. The lowest BCUT2D eigenvalue weighted by molar-refractivity contribution is -0.931. The molecule has 2 heterocycles. The molecule has 0 radical (unpaired) electrons. The van der Waals surface area contributed by atoms with Crippen LogP contribution in [0.25, 0.3) is 0 Å². The summed E-state index contributed by atoms with van der Waals surface area (Å²) in [5.74, 6) is -3.75. The summed E-state index contributed by atoms with van der Waals surface area (Å²) in [7, 11) is -0.0816. The minimum Gasteiger partial charge on any atom is -1.00 e. The van der Waals surface area contributed by atoms with Crippen molar-refractivity contribution in [2.45, 2.75) is 166 Å². The van der Waals surface area contributed by atoms with Gasteiger partial charge in [-0.15, -0.1) is 0 Å². The van der Waals surface area contributed by atoms with Crippen molar-refractivity contribution < 1.29 is 125 Å². The van der Waals surface area contributed by atoms with Gasteiger partial charge in [0.25, 0.3) is 0 Å². The number of carbonyl (C=O) groups excluding carboxylic acids is 3. The summed E-state index contributed by atoms with van der Waals surface area (Å²) < 4.78 is 55.3. The highest BCUT2D eigenvalue weighted by atomic mass is 79.9. The largest absolute Gasteiger partial charge is 1.00 e. The van der Waals surface area contributed by atoms with Gasteiger partial charge in [0.05, 0.1) is 51.1 Å². The summed E-state index contributed by atoms with van der Waals surface area (Å²) in [6.07, 6.45) is 7.44. The maximum Gasteiger partial charge on any atom is 0.394 e. The minimum atomic E-state index is -4.67. The normalized spacial score (nSPS) is 29.5. The summed E-state index contributed by atoms with van der Waals surface area (Å²) in [6.45, 7) is 13.1. The van der Waals surface area contributed by atoms with Crippen LogP contribution in [0.15, 0.2) is 90.5 Å². The Bertz CT molecular complexity index is 2870. The number of rotatable bonds is 14. The number of esters is 1. The van der Waals surface area contributed by atoms with Crippen LogP contribution in [0.1, 0.15) is 135 Å². The van der Waals surface area contributed by atoms with Crippen molar-refractivity contribution in [3.63, 3.8) is 0 Å². The number of alkyl halides is 1. The van der Waals surface area contributed by atoms with E-state index in [1.807, 2.05) is 58.0 Å². The van der Waals surface area contributed by atoms with Gasteiger partial charge < -0.3 is 98.9 Å². The average molecular weight is 1330 g/mol. The van der Waals surface area contributed by atoms with E-state index in [4.69, 9.17) is 32.5 Å². The number of halogens is 2. The number of hydrogen-bond donors (Lipinski definition) is 14. The van der Waals surface area contributed by atoms with E-state index in [9.17, 15) is 55.2 Å². The number of carbonyl (C=O) groups is 3. The Hall–Kier alpha value is -5.01. The van der Waals surface area contributed by atoms with Crippen LogP contribution in [0.2, 0.25) is 0 Å². The SMILES string of the molecule is CC(C)NCC(O)c1ccc(O)c(O)c1.CC(C)NCC(O)c1ccc(O)c(O)c1.C[C@@H]1C[C@H]2[C@@H]3CCC4=CC(=O)C=C[C@]4(C)[C@@]3(F)[C@@H](O)C[C@]2(C)[C@@]1(O)C(=O)CO.C[N+]1(C)[C@@H]2CC[C@H]1CC(OC(=O)[C@H](CO)c1ccccc1)C2.O.O.O=S(=O)(O)O.[Br-]. The van der Waals surface area contributed by atoms with Gasteiger partial charge in [0.15, 0.2) is 40.2 Å². The molecule has 3 aromatic carbocycles. The quantitative estimate of drug-likeness (QED) is 0.0462. The van der Waals surface area contributed by atoms with Gasteiger partial charge in [-0.1, -0.05) is 95.7 Å². The van der Waals surface area contributed by atoms with Crippen LogP contribution in [0.5, 0.6) is 23.0 Å². The summed E-state index contributed by atoms with van der Waals surface area (Å²) in [4.78, 5) is 36.8. The zero-order chi connectivity index (χ0) is 63.8. The molecule has 4 aliphatic carbocycles. The molecule has 0 aromatic heterocycles. The number of ether oxygens (including phenoxy) is 1. The van der Waals surface area contributed by atoms with Crippen LogP contribution in [0, 0.1) is 28.6 Å². The number of piperidine rings is 1. The Balaban J connectivity index is 0.000000397. The molecule has 18 N–H and O–H groups in total. The molecular weight excluding hydrogens is 1240 g/mol. The first kappa shape index (κ1) is 79.1. The molecule has 3 aromatic rings. The van der Waals surface area contributed by atoms with Gasteiger partial charge in [-0.25, -0.2) is 4.39 Å². The number of fused-ring (bicyclic) bond motifs is 7. The molecule has 2 bridgehead atoms. The maximum atomic E-state index is 16.9. The number of hydrogen-bond acceptors (Lipinski definition) is 18. The zero-order valence-electron chi connectivity index (χ0n) is 51.4. The third-order valence-electron chi connectivity index (χ3n) is 18.7. The van der Waals surface area contributed by atoms with E-state index in [1.165, 1.54) is 49.3 Å². The fourth-order valence-corrected chi connectivity index (χ4v) is 13.9. The summed E-state index contributed by atoms with van der Waals surface area (Å²) >= 11 is 0. The number of allylic oxidation sites excluding steroid dienone is 4. The van der Waals surface area contributed by atoms with Crippen molar-refractivity contribution in [2.24, 2.45) is 28.6 Å². The number of nitrogens with zero attached hydrogens (tertiary/aromatic N) is 1. The van der Waals surface area contributed by atoms with Crippen molar-refractivity contribution >= 4 is 27.9 Å². The van der Waals surface area contributed by atoms with Crippen molar-refractivity contribution in [1.29, 1.82) is 0 Å². The highest BCUT2D eigenvalue weighted by Crippen LogP contribution is 2.70. The Labute approximate surface area is 525 Å². The van der Waals surface area contributed by atoms with Crippen LogP contribution < -0.4 is 27.6 Å². The van der Waals surface area contributed by atoms with E-state index in [0.29, 0.717) is 73.2 Å². The molecule has 23 nitrogen and oxygen atoms in total. The molecule has 2 aliphatic heterocycles. The van der Waals surface area contributed by atoms with Gasteiger partial charge in [0.2, 0.25) is 0 Å². The molecule has 6 aliphatic rings. The predicted molar refractivity (Wildman–Crippen MR) is 321 cm³/mol. The third-order valence-corrected chi connectivity index (χ3v) is 18.7.